The van der Waals surface area contributed by atoms with Crippen LogP contribution in [0, 0.1) is 5.92 Å². The Kier molecular flexibility index (Phi) is 72.5. The van der Waals surface area contributed by atoms with Crippen LogP contribution in [0.2, 0.25) is 0 Å². The summed E-state index contributed by atoms with van der Waals surface area (Å²) in [6.07, 6.45) is 65.6. The van der Waals surface area contributed by atoms with Crippen LogP contribution in [-0.4, -0.2) is 96.7 Å². The Morgan fingerprint density at radius 1 is 0.280 bits per heavy atom. The van der Waals surface area contributed by atoms with Crippen molar-refractivity contribution in [2.45, 2.75) is 451 Å². The summed E-state index contributed by atoms with van der Waals surface area (Å²) >= 11 is 0. The molecule has 100 heavy (non-hydrogen) atoms. The van der Waals surface area contributed by atoms with E-state index in [4.69, 9.17) is 37.0 Å². The first kappa shape index (κ1) is 98.1. The van der Waals surface area contributed by atoms with Crippen LogP contribution in [0.3, 0.4) is 0 Å². The number of hydrogen-bond acceptors (Lipinski definition) is 15. The van der Waals surface area contributed by atoms with E-state index >= 15 is 0 Å². The molecule has 0 fully saturated rings. The summed E-state index contributed by atoms with van der Waals surface area (Å²) in [4.78, 5) is 72.7. The predicted molar refractivity (Wildman–Crippen MR) is 409 cm³/mol. The van der Waals surface area contributed by atoms with E-state index in [2.05, 4.69) is 34.6 Å². The third kappa shape index (κ3) is 73.0. The molecule has 0 saturated heterocycles. The Morgan fingerprint density at radius 3 is 0.710 bits per heavy atom. The van der Waals surface area contributed by atoms with Crippen LogP contribution in [0.25, 0.3) is 0 Å². The van der Waals surface area contributed by atoms with E-state index in [0.717, 1.165) is 102 Å². The van der Waals surface area contributed by atoms with Gasteiger partial charge in [0, 0.05) is 25.7 Å². The zero-order valence-corrected chi connectivity index (χ0v) is 67.1. The smallest absolute Gasteiger partial charge is 0.462 e. The summed E-state index contributed by atoms with van der Waals surface area (Å²) < 4.78 is 68.5. The number of hydrogen-bond donors (Lipinski definition) is 3. The molecule has 3 N–H and O–H groups in total. The van der Waals surface area contributed by atoms with Gasteiger partial charge in [-0.15, -0.1) is 0 Å². The summed E-state index contributed by atoms with van der Waals surface area (Å²) in [6.45, 7) is 7.30. The second-order valence-electron chi connectivity index (χ2n) is 29.4. The average Bonchev–Trinajstić information content (AvgIpc) is 0.925. The Balaban J connectivity index is 5.12. The number of aliphatic hydroxyl groups excluding tert-OH is 1. The van der Waals surface area contributed by atoms with Gasteiger partial charge in [0.2, 0.25) is 0 Å². The highest BCUT2D eigenvalue weighted by atomic mass is 31.2. The molecule has 0 aliphatic carbocycles. The van der Waals surface area contributed by atoms with Crippen molar-refractivity contribution in [3.8, 4) is 0 Å². The largest absolute Gasteiger partial charge is 0.472 e. The minimum absolute atomic E-state index is 0.108. The van der Waals surface area contributed by atoms with Crippen molar-refractivity contribution in [3.05, 3.63) is 0 Å². The van der Waals surface area contributed by atoms with Gasteiger partial charge in [-0.25, -0.2) is 9.13 Å². The molecular weight excluding hydrogens is 1310 g/mol. The molecular formula is C81H158O17P2. The van der Waals surface area contributed by atoms with Crippen LogP contribution < -0.4 is 0 Å². The molecule has 19 heteroatoms. The lowest BCUT2D eigenvalue weighted by atomic mass is 9.99. The van der Waals surface area contributed by atoms with Crippen molar-refractivity contribution in [1.29, 1.82) is 0 Å². The molecule has 0 heterocycles. The van der Waals surface area contributed by atoms with E-state index in [9.17, 15) is 43.2 Å². The summed E-state index contributed by atoms with van der Waals surface area (Å²) in [6, 6.07) is 0. The van der Waals surface area contributed by atoms with Gasteiger partial charge in [-0.2, -0.15) is 0 Å². The van der Waals surface area contributed by atoms with Gasteiger partial charge in [-0.3, -0.25) is 37.3 Å². The molecule has 0 aliphatic rings. The van der Waals surface area contributed by atoms with Crippen molar-refractivity contribution in [3.63, 3.8) is 0 Å². The molecule has 0 spiro atoms. The Bertz CT molecular complexity index is 1910. The van der Waals surface area contributed by atoms with Gasteiger partial charge in [0.05, 0.1) is 26.4 Å². The average molecular weight is 1470 g/mol. The second kappa shape index (κ2) is 73.9. The summed E-state index contributed by atoms with van der Waals surface area (Å²) in [5.41, 5.74) is 0. The molecule has 0 aliphatic heterocycles. The molecule has 0 aromatic heterocycles. The summed E-state index contributed by atoms with van der Waals surface area (Å²) in [7, 11) is -9.91. The van der Waals surface area contributed by atoms with Crippen molar-refractivity contribution in [1.82, 2.24) is 0 Å². The predicted octanol–water partition coefficient (Wildman–Crippen LogP) is 24.4. The number of unbranched alkanes of at least 4 members (excludes halogenated alkanes) is 52. The quantitative estimate of drug-likeness (QED) is 0.0222. The summed E-state index contributed by atoms with van der Waals surface area (Å²) in [5, 5.41) is 10.6. The van der Waals surface area contributed by atoms with E-state index in [1.54, 1.807) is 0 Å². The molecule has 6 atom stereocenters. The first-order chi connectivity index (χ1) is 48.6. The van der Waals surface area contributed by atoms with Crippen molar-refractivity contribution >= 4 is 39.5 Å². The number of rotatable bonds is 81. The minimum atomic E-state index is -4.96. The van der Waals surface area contributed by atoms with E-state index in [0.29, 0.717) is 25.7 Å². The molecule has 0 saturated carbocycles. The summed E-state index contributed by atoms with van der Waals surface area (Å²) in [5.74, 6) is -1.27. The lowest BCUT2D eigenvalue weighted by Crippen LogP contribution is -2.30. The first-order valence-corrected chi connectivity index (χ1v) is 45.2. The molecule has 3 unspecified atom stereocenters. The van der Waals surface area contributed by atoms with Crippen molar-refractivity contribution in [2.24, 2.45) is 5.92 Å². The lowest BCUT2D eigenvalue weighted by Gasteiger charge is -2.21. The standard InChI is InChI=1S/C81H158O17P2/c1-6-10-13-16-18-20-22-24-26-28-29-30-32-34-40-44-48-52-57-62-67-81(86)98-77(71-92-79(84)65-60-55-50-46-42-38-36-35-37-41-45-49-54-58-63-74(5)9-4)73-96-100(89,90)94-69-75(82)68-93-99(87,88)95-72-76(70-91-78(83)64-59-53-15-12-8-3)97-80(85)66-61-56-51-47-43-39-33-31-27-25-23-21-19-17-14-11-7-2/h74-77,82H,6-73H2,1-5H3,(H,87,88)(H,89,90)/t74?,75-,76+,77+/m0/s1. The van der Waals surface area contributed by atoms with Crippen molar-refractivity contribution in [2.75, 3.05) is 39.6 Å². The van der Waals surface area contributed by atoms with E-state index in [-0.39, 0.29) is 25.7 Å². The Labute approximate surface area is 613 Å². The number of phosphoric ester groups is 2. The third-order valence-corrected chi connectivity index (χ3v) is 21.3. The maximum atomic E-state index is 13.1. The molecule has 0 aromatic carbocycles. The zero-order valence-electron chi connectivity index (χ0n) is 65.3. The molecule has 0 aromatic rings. The van der Waals surface area contributed by atoms with E-state index < -0.39 is 97.5 Å². The highest BCUT2D eigenvalue weighted by Crippen LogP contribution is 2.45. The van der Waals surface area contributed by atoms with E-state index in [1.807, 2.05) is 0 Å². The Hall–Kier alpha value is -1.94. The SMILES string of the molecule is CCCCCCCCCCCCCCCCCCCCCCC(=O)O[C@H](COC(=O)CCCCCCCCCCCCCCCCC(C)CC)COP(=O)(O)OC[C@@H](O)COP(=O)(O)OC[C@@H](COC(=O)CCCCCCC)OC(=O)CCCCCCCCCCCCCCCCCCC. The van der Waals surface area contributed by atoms with Gasteiger partial charge >= 0.3 is 39.5 Å². The van der Waals surface area contributed by atoms with Crippen LogP contribution in [0.5, 0.6) is 0 Å². The number of carbonyl (C=O) groups is 4. The number of ether oxygens (including phenoxy) is 4. The number of aliphatic hydroxyl groups is 1. The first-order valence-electron chi connectivity index (χ1n) is 42.2. The molecule has 17 nitrogen and oxygen atoms in total. The lowest BCUT2D eigenvalue weighted by molar-refractivity contribution is -0.161. The zero-order chi connectivity index (χ0) is 73.4. The Morgan fingerprint density at radius 2 is 0.480 bits per heavy atom. The molecule has 0 rings (SSSR count). The fraction of sp³-hybridized carbons (Fsp3) is 0.951. The number of carbonyl (C=O) groups excluding carboxylic acids is 4. The van der Waals surface area contributed by atoms with Crippen LogP contribution >= 0.6 is 15.6 Å². The van der Waals surface area contributed by atoms with Gasteiger partial charge in [-0.05, 0) is 31.6 Å². The topological polar surface area (TPSA) is 237 Å². The van der Waals surface area contributed by atoms with E-state index in [1.165, 1.54) is 250 Å². The highest BCUT2D eigenvalue weighted by Gasteiger charge is 2.30. The van der Waals surface area contributed by atoms with Gasteiger partial charge in [0.15, 0.2) is 12.2 Å². The monoisotopic (exact) mass is 1470 g/mol. The second-order valence-corrected chi connectivity index (χ2v) is 32.3. The maximum absolute atomic E-state index is 13.1. The fourth-order valence-electron chi connectivity index (χ4n) is 12.6. The van der Waals surface area contributed by atoms with Crippen LogP contribution in [0.1, 0.15) is 433 Å². The van der Waals surface area contributed by atoms with Gasteiger partial charge in [0.1, 0.15) is 19.3 Å². The molecule has 0 radical (unpaired) electrons. The maximum Gasteiger partial charge on any atom is 0.472 e. The van der Waals surface area contributed by atoms with Crippen LogP contribution in [0.4, 0.5) is 0 Å². The van der Waals surface area contributed by atoms with Crippen LogP contribution in [0.15, 0.2) is 0 Å². The minimum Gasteiger partial charge on any atom is -0.462 e. The third-order valence-electron chi connectivity index (χ3n) is 19.4. The molecule has 0 bridgehead atoms. The van der Waals surface area contributed by atoms with Gasteiger partial charge < -0.3 is 33.8 Å². The normalized spacial score (nSPS) is 14.1. The van der Waals surface area contributed by atoms with Gasteiger partial charge in [0.25, 0.3) is 0 Å². The number of phosphoric acid groups is 2. The van der Waals surface area contributed by atoms with Crippen LogP contribution in [-0.2, 0) is 65.4 Å². The number of esters is 4. The fourth-order valence-corrected chi connectivity index (χ4v) is 14.1. The van der Waals surface area contributed by atoms with Crippen molar-refractivity contribution < 1.29 is 80.2 Å². The molecule has 0 amide bonds. The van der Waals surface area contributed by atoms with Gasteiger partial charge in [-0.1, -0.05) is 381 Å². The molecule has 594 valence electrons. The highest BCUT2D eigenvalue weighted by molar-refractivity contribution is 7.47.